The van der Waals surface area contributed by atoms with Crippen molar-refractivity contribution in [3.63, 3.8) is 0 Å². The minimum Gasteiger partial charge on any atom is -0.493 e. The van der Waals surface area contributed by atoms with Gasteiger partial charge in [-0.1, -0.05) is 53.0 Å². The second kappa shape index (κ2) is 11.6. The molecular formula is C25H16Cl3F3N2O3. The van der Waals surface area contributed by atoms with E-state index in [-0.39, 0.29) is 23.1 Å². The first-order valence-corrected chi connectivity index (χ1v) is 11.2. The van der Waals surface area contributed by atoms with Gasteiger partial charge in [0.2, 0.25) is 0 Å². The number of alkyl halides is 3. The SMILES string of the molecule is COc1cccc(/C=C(\C#N)C(=O)Nc2cc(C(F)(F)F)ccc2Cl)c1OCc1ccc(Cl)cc1Cl. The van der Waals surface area contributed by atoms with Crippen LogP contribution in [-0.4, -0.2) is 13.0 Å². The lowest BCUT2D eigenvalue weighted by molar-refractivity contribution is -0.137. The van der Waals surface area contributed by atoms with E-state index in [1.165, 1.54) is 13.2 Å². The minimum atomic E-state index is -4.64. The third kappa shape index (κ3) is 6.64. The fraction of sp³-hybridized carbons (Fsp3) is 0.120. The molecule has 0 aliphatic carbocycles. The van der Waals surface area contributed by atoms with Crippen molar-refractivity contribution in [3.8, 4) is 17.6 Å². The number of amides is 1. The van der Waals surface area contributed by atoms with E-state index in [0.29, 0.717) is 33.0 Å². The minimum absolute atomic E-state index is 0.0190. The lowest BCUT2D eigenvalue weighted by Gasteiger charge is -2.15. The topological polar surface area (TPSA) is 71.3 Å². The predicted octanol–water partition coefficient (Wildman–Crippen LogP) is 7.80. The van der Waals surface area contributed by atoms with Crippen LogP contribution >= 0.6 is 34.8 Å². The lowest BCUT2D eigenvalue weighted by Crippen LogP contribution is -2.15. The van der Waals surface area contributed by atoms with E-state index in [0.717, 1.165) is 12.1 Å². The first kappa shape index (κ1) is 27.2. The number of benzene rings is 3. The molecule has 186 valence electrons. The predicted molar refractivity (Wildman–Crippen MR) is 132 cm³/mol. The highest BCUT2D eigenvalue weighted by atomic mass is 35.5. The molecule has 11 heteroatoms. The summed E-state index contributed by atoms with van der Waals surface area (Å²) >= 11 is 18.1. The number of carbonyl (C=O) groups excluding carboxylic acids is 1. The van der Waals surface area contributed by atoms with Gasteiger partial charge in [-0.15, -0.1) is 0 Å². The van der Waals surface area contributed by atoms with Crippen LogP contribution in [0.25, 0.3) is 6.08 Å². The molecule has 1 N–H and O–H groups in total. The molecule has 3 aromatic rings. The fourth-order valence-electron chi connectivity index (χ4n) is 3.04. The molecule has 0 heterocycles. The first-order valence-electron chi connectivity index (χ1n) is 10.1. The summed E-state index contributed by atoms with van der Waals surface area (Å²) in [6.45, 7) is 0.0190. The highest BCUT2D eigenvalue weighted by molar-refractivity contribution is 6.35. The van der Waals surface area contributed by atoms with Gasteiger partial charge in [0.25, 0.3) is 5.91 Å². The fourth-order valence-corrected chi connectivity index (χ4v) is 3.67. The average Bonchev–Trinajstić information content (AvgIpc) is 2.82. The Morgan fingerprint density at radius 2 is 1.83 bits per heavy atom. The van der Waals surface area contributed by atoms with Crippen molar-refractivity contribution in [3.05, 3.63) is 91.9 Å². The van der Waals surface area contributed by atoms with Gasteiger partial charge < -0.3 is 14.8 Å². The standard InChI is InChI=1S/C25H16Cl3F3N2O3/c1-35-22-4-2-3-14(23(22)36-13-15-5-7-18(26)11-20(15)28)9-16(12-32)24(34)33-21-10-17(25(29,30)31)6-8-19(21)27/h2-11H,13H2,1H3,(H,33,34)/b16-9+. The molecule has 0 spiro atoms. The third-order valence-electron chi connectivity index (χ3n) is 4.82. The van der Waals surface area contributed by atoms with Crippen LogP contribution < -0.4 is 14.8 Å². The molecule has 0 radical (unpaired) electrons. The Hall–Kier alpha value is -3.38. The number of nitrogens with zero attached hydrogens (tertiary/aromatic N) is 1. The number of anilines is 1. The van der Waals surface area contributed by atoms with Crippen molar-refractivity contribution in [2.24, 2.45) is 0 Å². The number of nitriles is 1. The molecule has 0 saturated carbocycles. The third-order valence-corrected chi connectivity index (χ3v) is 5.74. The monoisotopic (exact) mass is 554 g/mol. The van der Waals surface area contributed by atoms with E-state index in [1.54, 1.807) is 42.5 Å². The van der Waals surface area contributed by atoms with Gasteiger partial charge in [-0.25, -0.2) is 0 Å². The Morgan fingerprint density at radius 3 is 2.47 bits per heavy atom. The number of hydrogen-bond donors (Lipinski definition) is 1. The second-order valence-corrected chi connectivity index (χ2v) is 8.47. The van der Waals surface area contributed by atoms with Crippen molar-refractivity contribution in [1.82, 2.24) is 0 Å². The Kier molecular flexibility index (Phi) is 8.75. The Bertz CT molecular complexity index is 1370. The largest absolute Gasteiger partial charge is 0.493 e. The molecule has 0 aliphatic heterocycles. The van der Waals surface area contributed by atoms with Gasteiger partial charge >= 0.3 is 6.18 Å². The van der Waals surface area contributed by atoms with Crippen LogP contribution in [0.15, 0.2) is 60.2 Å². The van der Waals surface area contributed by atoms with Crippen LogP contribution in [0.4, 0.5) is 18.9 Å². The Balaban J connectivity index is 1.92. The zero-order valence-corrected chi connectivity index (χ0v) is 20.7. The summed E-state index contributed by atoms with van der Waals surface area (Å²) in [5.41, 5.74) is -0.780. The van der Waals surface area contributed by atoms with Gasteiger partial charge in [-0.05, 0) is 42.5 Å². The maximum atomic E-state index is 13.0. The van der Waals surface area contributed by atoms with E-state index >= 15 is 0 Å². The molecule has 0 bridgehead atoms. The van der Waals surface area contributed by atoms with E-state index in [9.17, 15) is 23.2 Å². The molecule has 0 aliphatic rings. The van der Waals surface area contributed by atoms with E-state index in [2.05, 4.69) is 5.32 Å². The molecule has 3 rings (SSSR count). The summed E-state index contributed by atoms with van der Waals surface area (Å²) in [5.74, 6) is -0.440. The molecule has 36 heavy (non-hydrogen) atoms. The van der Waals surface area contributed by atoms with Crippen molar-refractivity contribution >= 4 is 52.5 Å². The molecule has 1 amide bonds. The van der Waals surface area contributed by atoms with Crippen LogP contribution in [0.3, 0.4) is 0 Å². The summed E-state index contributed by atoms with van der Waals surface area (Å²) in [5, 5.41) is 12.5. The van der Waals surface area contributed by atoms with Crippen LogP contribution in [0.5, 0.6) is 11.5 Å². The molecule has 0 atom stereocenters. The molecule has 0 aromatic heterocycles. The smallest absolute Gasteiger partial charge is 0.416 e. The van der Waals surface area contributed by atoms with Crippen LogP contribution in [-0.2, 0) is 17.6 Å². The summed E-state index contributed by atoms with van der Waals surface area (Å²) in [6, 6.07) is 13.9. The second-order valence-electron chi connectivity index (χ2n) is 7.22. The summed E-state index contributed by atoms with van der Waals surface area (Å²) in [6.07, 6.45) is -3.42. The van der Waals surface area contributed by atoms with Gasteiger partial charge in [-0.3, -0.25) is 4.79 Å². The van der Waals surface area contributed by atoms with Crippen molar-refractivity contribution < 1.29 is 27.4 Å². The molecular weight excluding hydrogens is 540 g/mol. The summed E-state index contributed by atoms with van der Waals surface area (Å²) in [4.78, 5) is 12.7. The van der Waals surface area contributed by atoms with Gasteiger partial charge in [0, 0.05) is 21.2 Å². The van der Waals surface area contributed by atoms with Gasteiger partial charge in [0.05, 0.1) is 23.4 Å². The molecule has 0 fully saturated rings. The molecule has 3 aromatic carbocycles. The van der Waals surface area contributed by atoms with Crippen molar-refractivity contribution in [1.29, 1.82) is 5.26 Å². The van der Waals surface area contributed by atoms with Gasteiger partial charge in [-0.2, -0.15) is 18.4 Å². The number of rotatable bonds is 7. The van der Waals surface area contributed by atoms with E-state index in [4.69, 9.17) is 44.3 Å². The van der Waals surface area contributed by atoms with Gasteiger partial charge in [0.15, 0.2) is 11.5 Å². The van der Waals surface area contributed by atoms with Crippen molar-refractivity contribution in [2.45, 2.75) is 12.8 Å². The highest BCUT2D eigenvalue weighted by Crippen LogP contribution is 2.36. The number of ether oxygens (including phenoxy) is 2. The molecule has 5 nitrogen and oxygen atoms in total. The quantitative estimate of drug-likeness (QED) is 0.238. The van der Waals surface area contributed by atoms with Crippen LogP contribution in [0, 0.1) is 11.3 Å². The number of carbonyl (C=O) groups is 1. The maximum absolute atomic E-state index is 13.0. The highest BCUT2D eigenvalue weighted by Gasteiger charge is 2.31. The number of methoxy groups -OCH3 is 1. The Labute approximate surface area is 219 Å². The molecule has 0 saturated heterocycles. The first-order chi connectivity index (χ1) is 17.0. The number of nitrogens with one attached hydrogen (secondary N) is 1. The number of para-hydroxylation sites is 1. The average molecular weight is 556 g/mol. The van der Waals surface area contributed by atoms with E-state index in [1.807, 2.05) is 0 Å². The summed E-state index contributed by atoms with van der Waals surface area (Å²) in [7, 11) is 1.42. The Morgan fingerprint density at radius 1 is 1.08 bits per heavy atom. The normalized spacial score (nSPS) is 11.6. The summed E-state index contributed by atoms with van der Waals surface area (Å²) < 4.78 is 50.4. The van der Waals surface area contributed by atoms with E-state index < -0.39 is 23.2 Å². The van der Waals surface area contributed by atoms with Crippen LogP contribution in [0.2, 0.25) is 15.1 Å². The lowest BCUT2D eigenvalue weighted by atomic mass is 10.1. The van der Waals surface area contributed by atoms with Crippen LogP contribution in [0.1, 0.15) is 16.7 Å². The maximum Gasteiger partial charge on any atom is 0.416 e. The van der Waals surface area contributed by atoms with Gasteiger partial charge in [0.1, 0.15) is 18.2 Å². The molecule has 0 unspecified atom stereocenters. The zero-order valence-electron chi connectivity index (χ0n) is 18.4. The van der Waals surface area contributed by atoms with Crippen molar-refractivity contribution in [2.75, 3.05) is 12.4 Å². The number of halogens is 6. The zero-order chi connectivity index (χ0) is 26.5. The number of hydrogen-bond acceptors (Lipinski definition) is 4.